The number of anilines is 1. The summed E-state index contributed by atoms with van der Waals surface area (Å²) in [5, 5.41) is 0. The Morgan fingerprint density at radius 1 is 1.15 bits per heavy atom. The number of benzene rings is 2. The number of rotatable bonds is 6. The molecule has 26 heavy (non-hydrogen) atoms. The zero-order valence-corrected chi connectivity index (χ0v) is 15.2. The second-order valence-corrected chi connectivity index (χ2v) is 5.48. The second-order valence-electron chi connectivity index (χ2n) is 5.48. The lowest BCUT2D eigenvalue weighted by molar-refractivity contribution is -0.142. The van der Waals surface area contributed by atoms with Gasteiger partial charge in [0.15, 0.2) is 0 Å². The lowest BCUT2D eigenvalue weighted by Gasteiger charge is -2.22. The first kappa shape index (κ1) is 19.5. The van der Waals surface area contributed by atoms with Gasteiger partial charge in [0.25, 0.3) is 5.91 Å². The Kier molecular flexibility index (Phi) is 6.74. The quantitative estimate of drug-likeness (QED) is 0.670. The zero-order valence-electron chi connectivity index (χ0n) is 14.3. The van der Waals surface area contributed by atoms with Crippen LogP contribution in [0.2, 0.25) is 0 Å². The lowest BCUT2D eigenvalue weighted by atomic mass is 10.1. The Hall–Kier alpha value is -2.86. The number of para-hydroxylation sites is 1. The van der Waals surface area contributed by atoms with Crippen LogP contribution in [0.1, 0.15) is 23.7 Å². The van der Waals surface area contributed by atoms with Crippen LogP contribution in [0.25, 0.3) is 11.0 Å². The molecule has 0 saturated carbocycles. The Balaban J connectivity index is 0.00000243. The molecule has 2 aromatic carbocycles. The van der Waals surface area contributed by atoms with Crippen LogP contribution >= 0.6 is 12.4 Å². The molecule has 7 heteroatoms. The van der Waals surface area contributed by atoms with E-state index in [1.807, 2.05) is 30.3 Å². The molecule has 1 aromatic heterocycles. The van der Waals surface area contributed by atoms with Crippen LogP contribution in [0, 0.1) is 0 Å². The van der Waals surface area contributed by atoms with Crippen molar-refractivity contribution >= 4 is 41.0 Å². The highest BCUT2D eigenvalue weighted by Crippen LogP contribution is 2.19. The number of esters is 1. The Bertz CT molecular complexity index is 880. The molecule has 0 aliphatic carbocycles. The number of hydrogen-bond donors (Lipinski definition) is 1. The van der Waals surface area contributed by atoms with Gasteiger partial charge in [-0.05, 0) is 37.3 Å². The molecule has 136 valence electrons. The average molecular weight is 374 g/mol. The molecular formula is C19H20ClN3O3. The van der Waals surface area contributed by atoms with E-state index < -0.39 is 0 Å². The maximum atomic E-state index is 13.0. The summed E-state index contributed by atoms with van der Waals surface area (Å²) in [5.74, 6) is -0.493. The predicted molar refractivity (Wildman–Crippen MR) is 103 cm³/mol. The fourth-order valence-corrected chi connectivity index (χ4v) is 2.62. The molecule has 0 bridgehead atoms. The first-order valence-corrected chi connectivity index (χ1v) is 8.14. The van der Waals surface area contributed by atoms with Gasteiger partial charge in [0, 0.05) is 17.8 Å². The van der Waals surface area contributed by atoms with Crippen molar-refractivity contribution in [3.05, 3.63) is 60.4 Å². The van der Waals surface area contributed by atoms with Gasteiger partial charge in [0.2, 0.25) is 0 Å². The SMILES string of the molecule is CCOC(=O)CCN(C(=O)c1ccc2nc[nH]c2c1)c1ccccc1.Cl. The number of amides is 1. The van der Waals surface area contributed by atoms with Crippen molar-refractivity contribution in [2.75, 3.05) is 18.1 Å². The molecule has 0 fully saturated rings. The number of aromatic amines is 1. The van der Waals surface area contributed by atoms with Crippen LogP contribution in [0.5, 0.6) is 0 Å². The van der Waals surface area contributed by atoms with Crippen molar-refractivity contribution in [1.82, 2.24) is 9.97 Å². The molecule has 1 amide bonds. The normalized spacial score (nSPS) is 10.2. The topological polar surface area (TPSA) is 75.3 Å². The molecule has 1 N–H and O–H groups in total. The van der Waals surface area contributed by atoms with Gasteiger partial charge in [-0.1, -0.05) is 18.2 Å². The van der Waals surface area contributed by atoms with E-state index in [0.717, 1.165) is 16.7 Å². The third-order valence-electron chi connectivity index (χ3n) is 3.83. The number of aromatic nitrogens is 2. The largest absolute Gasteiger partial charge is 0.466 e. The molecule has 0 saturated heterocycles. The molecule has 6 nitrogen and oxygen atoms in total. The van der Waals surface area contributed by atoms with E-state index in [-0.39, 0.29) is 37.2 Å². The Labute approximate surface area is 157 Å². The maximum absolute atomic E-state index is 13.0. The summed E-state index contributed by atoms with van der Waals surface area (Å²) in [4.78, 5) is 33.5. The lowest BCUT2D eigenvalue weighted by Crippen LogP contribution is -2.33. The van der Waals surface area contributed by atoms with Gasteiger partial charge in [-0.15, -0.1) is 12.4 Å². The molecule has 0 radical (unpaired) electrons. The summed E-state index contributed by atoms with van der Waals surface area (Å²) in [5.41, 5.74) is 2.87. The third-order valence-corrected chi connectivity index (χ3v) is 3.83. The van der Waals surface area contributed by atoms with Crippen LogP contribution in [-0.4, -0.2) is 35.0 Å². The van der Waals surface area contributed by atoms with Crippen LogP contribution < -0.4 is 4.90 Å². The zero-order chi connectivity index (χ0) is 17.6. The number of H-pyrrole nitrogens is 1. The van der Waals surface area contributed by atoms with E-state index in [1.54, 1.807) is 36.4 Å². The summed E-state index contributed by atoms with van der Waals surface area (Å²) in [7, 11) is 0. The summed E-state index contributed by atoms with van der Waals surface area (Å²) in [6.07, 6.45) is 1.73. The van der Waals surface area contributed by atoms with Gasteiger partial charge in [-0.2, -0.15) is 0 Å². The van der Waals surface area contributed by atoms with Gasteiger partial charge in [-0.25, -0.2) is 4.98 Å². The molecule has 1 heterocycles. The summed E-state index contributed by atoms with van der Waals surface area (Å²) < 4.78 is 4.97. The summed E-state index contributed by atoms with van der Waals surface area (Å²) >= 11 is 0. The average Bonchev–Trinajstić information content (AvgIpc) is 3.10. The van der Waals surface area contributed by atoms with E-state index in [0.29, 0.717) is 12.2 Å². The first-order chi connectivity index (χ1) is 12.2. The molecule has 3 aromatic rings. The number of carbonyl (C=O) groups is 2. The highest BCUT2D eigenvalue weighted by Gasteiger charge is 2.19. The predicted octanol–water partition coefficient (Wildman–Crippen LogP) is 3.58. The Morgan fingerprint density at radius 2 is 1.92 bits per heavy atom. The smallest absolute Gasteiger partial charge is 0.307 e. The molecule has 3 rings (SSSR count). The summed E-state index contributed by atoms with van der Waals surface area (Å²) in [6.45, 7) is 2.34. The van der Waals surface area contributed by atoms with E-state index in [1.165, 1.54) is 0 Å². The third kappa shape index (κ3) is 4.40. The summed E-state index contributed by atoms with van der Waals surface area (Å²) in [6, 6.07) is 14.6. The fourth-order valence-electron chi connectivity index (χ4n) is 2.62. The van der Waals surface area contributed by atoms with Crippen LogP contribution in [-0.2, 0) is 9.53 Å². The van der Waals surface area contributed by atoms with Crippen molar-refractivity contribution in [2.45, 2.75) is 13.3 Å². The maximum Gasteiger partial charge on any atom is 0.307 e. The number of nitrogens with one attached hydrogen (secondary N) is 1. The Morgan fingerprint density at radius 3 is 2.65 bits per heavy atom. The standard InChI is InChI=1S/C19H19N3O3.ClH/c1-2-25-18(23)10-11-22(15-6-4-3-5-7-15)19(24)14-8-9-16-17(12-14)21-13-20-16;/h3-9,12-13H,2,10-11H2,1H3,(H,20,21);1H. The van der Waals surface area contributed by atoms with Gasteiger partial charge in [0.1, 0.15) is 0 Å². The van der Waals surface area contributed by atoms with Crippen LogP contribution in [0.4, 0.5) is 5.69 Å². The van der Waals surface area contributed by atoms with E-state index in [4.69, 9.17) is 4.74 Å². The van der Waals surface area contributed by atoms with Gasteiger partial charge < -0.3 is 14.6 Å². The number of ether oxygens (including phenoxy) is 1. The van der Waals surface area contributed by atoms with Gasteiger partial charge >= 0.3 is 5.97 Å². The minimum Gasteiger partial charge on any atom is -0.466 e. The van der Waals surface area contributed by atoms with Crippen molar-refractivity contribution < 1.29 is 14.3 Å². The van der Waals surface area contributed by atoms with Gasteiger partial charge in [0.05, 0.1) is 30.4 Å². The number of hydrogen-bond acceptors (Lipinski definition) is 4. The number of imidazole rings is 1. The van der Waals surface area contributed by atoms with E-state index in [9.17, 15) is 9.59 Å². The van der Waals surface area contributed by atoms with Crippen molar-refractivity contribution in [1.29, 1.82) is 0 Å². The van der Waals surface area contributed by atoms with E-state index in [2.05, 4.69) is 9.97 Å². The minimum absolute atomic E-state index is 0. The minimum atomic E-state index is -0.319. The number of nitrogens with zero attached hydrogens (tertiary/aromatic N) is 2. The molecule has 0 atom stereocenters. The highest BCUT2D eigenvalue weighted by molar-refractivity contribution is 6.07. The number of halogens is 1. The fraction of sp³-hybridized carbons (Fsp3) is 0.211. The highest BCUT2D eigenvalue weighted by atomic mass is 35.5. The van der Waals surface area contributed by atoms with Crippen molar-refractivity contribution in [2.24, 2.45) is 0 Å². The molecule has 0 spiro atoms. The molecule has 0 unspecified atom stereocenters. The van der Waals surface area contributed by atoms with Crippen molar-refractivity contribution in [3.8, 4) is 0 Å². The van der Waals surface area contributed by atoms with Gasteiger partial charge in [-0.3, -0.25) is 9.59 Å². The van der Waals surface area contributed by atoms with Crippen LogP contribution in [0.3, 0.4) is 0 Å². The van der Waals surface area contributed by atoms with Crippen LogP contribution in [0.15, 0.2) is 54.9 Å². The van der Waals surface area contributed by atoms with E-state index >= 15 is 0 Å². The molecule has 0 aliphatic heterocycles. The monoisotopic (exact) mass is 373 g/mol. The second kappa shape index (κ2) is 9.01. The number of carbonyl (C=O) groups excluding carboxylic acids is 2. The molecule has 0 aliphatic rings. The number of fused-ring (bicyclic) bond motifs is 1. The first-order valence-electron chi connectivity index (χ1n) is 8.14. The van der Waals surface area contributed by atoms with Crippen molar-refractivity contribution in [3.63, 3.8) is 0 Å². The molecular weight excluding hydrogens is 354 g/mol.